The second kappa shape index (κ2) is 11.5. The van der Waals surface area contributed by atoms with Crippen molar-refractivity contribution in [2.24, 2.45) is 5.92 Å². The molecule has 0 saturated carbocycles. The van der Waals surface area contributed by atoms with Crippen molar-refractivity contribution in [2.45, 2.75) is 17.9 Å². The van der Waals surface area contributed by atoms with Crippen LogP contribution in [0.4, 0.5) is 0 Å². The van der Waals surface area contributed by atoms with Gasteiger partial charge in [-0.3, -0.25) is 0 Å². The number of furan rings is 1. The van der Waals surface area contributed by atoms with Crippen LogP contribution >= 0.6 is 0 Å². The van der Waals surface area contributed by atoms with Gasteiger partial charge >= 0.3 is 0 Å². The number of ether oxygens (including phenoxy) is 1. The van der Waals surface area contributed by atoms with Gasteiger partial charge in [-0.1, -0.05) is 140 Å². The Hall–Kier alpha value is -6.59. The highest BCUT2D eigenvalue weighted by Gasteiger charge is 2.38. The smallest absolute Gasteiger partial charge is 0.164 e. The van der Waals surface area contributed by atoms with E-state index in [2.05, 4.69) is 127 Å². The zero-order valence-electron chi connectivity index (χ0n) is 28.1. The Bertz CT molecular complexity index is 2750. The molecule has 246 valence electrons. The lowest BCUT2D eigenvalue weighted by atomic mass is 9.76. The number of rotatable bonds is 4. The quantitative estimate of drug-likeness (QED) is 0.187. The molecule has 3 aliphatic carbocycles. The molecule has 4 atom stereocenters. The summed E-state index contributed by atoms with van der Waals surface area (Å²) in [6.45, 7) is 0. The van der Waals surface area contributed by atoms with Crippen molar-refractivity contribution in [3.8, 4) is 28.5 Å². The van der Waals surface area contributed by atoms with E-state index < -0.39 is 0 Å². The molecule has 5 heteroatoms. The third-order valence-electron chi connectivity index (χ3n) is 10.9. The van der Waals surface area contributed by atoms with Gasteiger partial charge in [-0.15, -0.1) is 0 Å². The van der Waals surface area contributed by atoms with Crippen molar-refractivity contribution < 1.29 is 9.15 Å². The number of hydrogen-bond acceptors (Lipinski definition) is 5. The van der Waals surface area contributed by atoms with Crippen molar-refractivity contribution >= 4 is 39.2 Å². The molecule has 4 unspecified atom stereocenters. The normalized spacial score (nSPS) is 20.8. The van der Waals surface area contributed by atoms with Crippen LogP contribution in [0.25, 0.3) is 61.9 Å². The molecule has 4 aliphatic rings. The first-order chi connectivity index (χ1) is 25.8. The molecule has 0 bridgehead atoms. The lowest BCUT2D eigenvalue weighted by Gasteiger charge is -2.28. The first-order valence-electron chi connectivity index (χ1n) is 17.8. The molecule has 5 nitrogen and oxygen atoms in total. The van der Waals surface area contributed by atoms with Gasteiger partial charge in [0, 0.05) is 50.4 Å². The molecular formula is C47H31N3O2. The Morgan fingerprint density at radius 3 is 2.31 bits per heavy atom. The molecule has 0 radical (unpaired) electrons. The molecule has 0 spiro atoms. The summed E-state index contributed by atoms with van der Waals surface area (Å²) in [5, 5.41) is 2.01. The number of para-hydroxylation sites is 2. The molecule has 0 N–H and O–H groups in total. The van der Waals surface area contributed by atoms with Crippen molar-refractivity contribution in [1.82, 2.24) is 15.0 Å². The molecule has 0 amide bonds. The average Bonchev–Trinajstić information content (AvgIpc) is 3.80. The highest BCUT2D eigenvalue weighted by molar-refractivity contribution is 6.15. The fourth-order valence-corrected chi connectivity index (χ4v) is 8.46. The van der Waals surface area contributed by atoms with Crippen LogP contribution in [0.15, 0.2) is 162 Å². The van der Waals surface area contributed by atoms with Crippen LogP contribution < -0.4 is 4.74 Å². The topological polar surface area (TPSA) is 61.0 Å². The van der Waals surface area contributed by atoms with E-state index in [4.69, 9.17) is 24.1 Å². The van der Waals surface area contributed by atoms with E-state index in [-0.39, 0.29) is 23.9 Å². The van der Waals surface area contributed by atoms with E-state index in [1.54, 1.807) is 0 Å². The fraction of sp³-hybridized carbons (Fsp3) is 0.0851. The zero-order chi connectivity index (χ0) is 34.2. The first-order valence-corrected chi connectivity index (χ1v) is 17.8. The van der Waals surface area contributed by atoms with Gasteiger partial charge < -0.3 is 9.15 Å². The van der Waals surface area contributed by atoms with Crippen molar-refractivity contribution in [1.29, 1.82) is 0 Å². The van der Waals surface area contributed by atoms with E-state index in [1.165, 1.54) is 22.3 Å². The van der Waals surface area contributed by atoms with Gasteiger partial charge in [0.2, 0.25) is 0 Å². The second-order valence-corrected chi connectivity index (χ2v) is 13.8. The molecule has 2 aromatic heterocycles. The van der Waals surface area contributed by atoms with Crippen LogP contribution in [-0.4, -0.2) is 21.1 Å². The molecule has 11 rings (SSSR count). The maximum Gasteiger partial charge on any atom is 0.164 e. The maximum absolute atomic E-state index is 6.78. The molecule has 3 heterocycles. The number of hydrogen-bond donors (Lipinski definition) is 0. The number of aromatic nitrogens is 3. The summed E-state index contributed by atoms with van der Waals surface area (Å²) in [6, 6.07) is 39.7. The third kappa shape index (κ3) is 4.52. The van der Waals surface area contributed by atoms with Crippen LogP contribution in [0.3, 0.4) is 0 Å². The average molecular weight is 670 g/mol. The minimum atomic E-state index is -0.0695. The van der Waals surface area contributed by atoms with E-state index in [1.807, 2.05) is 36.4 Å². The van der Waals surface area contributed by atoms with Crippen LogP contribution in [0, 0.1) is 5.92 Å². The standard InChI is InChI=1S/C47H31N3O2/c1-2-12-29(13-3-1)45-48-46(31-23-24-33-30(27-31)22-21-28-11-4-5-14-32(28)33)50-47(49-45)38-26-25-35(44-43(38)37-16-7-9-19-40(37)52-44)34-17-10-20-41-42(34)36-15-6-8-18-39(36)51-41/h1-27,30,33,41-42H. The molecule has 5 aromatic carbocycles. The first kappa shape index (κ1) is 29.2. The lowest BCUT2D eigenvalue weighted by Crippen LogP contribution is -2.19. The predicted molar refractivity (Wildman–Crippen MR) is 208 cm³/mol. The number of allylic oxidation sites excluding steroid dienone is 7. The summed E-state index contributed by atoms with van der Waals surface area (Å²) in [7, 11) is 0. The Kier molecular flexibility index (Phi) is 6.44. The van der Waals surface area contributed by atoms with Crippen LogP contribution in [-0.2, 0) is 0 Å². The van der Waals surface area contributed by atoms with Crippen molar-refractivity contribution in [3.63, 3.8) is 0 Å². The highest BCUT2D eigenvalue weighted by Crippen LogP contribution is 2.50. The molecule has 7 aromatic rings. The van der Waals surface area contributed by atoms with Gasteiger partial charge in [-0.05, 0) is 41.0 Å². The number of nitrogens with zero attached hydrogens (tertiary/aromatic N) is 3. The maximum atomic E-state index is 6.78. The van der Waals surface area contributed by atoms with Gasteiger partial charge in [0.05, 0.1) is 5.92 Å². The predicted octanol–water partition coefficient (Wildman–Crippen LogP) is 11.0. The van der Waals surface area contributed by atoms with E-state index in [0.29, 0.717) is 17.5 Å². The van der Waals surface area contributed by atoms with Crippen LogP contribution in [0.5, 0.6) is 5.75 Å². The lowest BCUT2D eigenvalue weighted by molar-refractivity contribution is 0.271. The van der Waals surface area contributed by atoms with Crippen molar-refractivity contribution in [2.75, 3.05) is 0 Å². The minimum absolute atomic E-state index is 0.0616. The summed E-state index contributed by atoms with van der Waals surface area (Å²) >= 11 is 0. The fourth-order valence-electron chi connectivity index (χ4n) is 8.46. The van der Waals surface area contributed by atoms with Crippen LogP contribution in [0.1, 0.15) is 39.9 Å². The summed E-state index contributed by atoms with van der Waals surface area (Å²) in [5.74, 6) is 3.39. The summed E-state index contributed by atoms with van der Waals surface area (Å²) in [5.41, 5.74) is 10.5. The van der Waals surface area contributed by atoms with Crippen molar-refractivity contribution in [3.05, 3.63) is 186 Å². The van der Waals surface area contributed by atoms with E-state index in [0.717, 1.165) is 50.0 Å². The minimum Gasteiger partial charge on any atom is -0.485 e. The molecule has 0 fully saturated rings. The summed E-state index contributed by atoms with van der Waals surface area (Å²) < 4.78 is 13.2. The SMILES string of the molecule is C1=CC2Oc3ccccc3C2C(c2ccc(-c3nc(C4=CC5C=Cc6ccccc6C5C=C4)nc(-c4ccccc4)n3)c3c2oc2ccccc23)=C1. The van der Waals surface area contributed by atoms with Gasteiger partial charge in [-0.25, -0.2) is 15.0 Å². The number of fused-ring (bicyclic) bond motifs is 9. The third-order valence-corrected chi connectivity index (χ3v) is 10.9. The largest absolute Gasteiger partial charge is 0.485 e. The Labute approximate surface area is 300 Å². The van der Waals surface area contributed by atoms with Gasteiger partial charge in [0.25, 0.3) is 0 Å². The van der Waals surface area contributed by atoms with Gasteiger partial charge in [-0.2, -0.15) is 0 Å². The second-order valence-electron chi connectivity index (χ2n) is 13.8. The van der Waals surface area contributed by atoms with Gasteiger partial charge in [0.1, 0.15) is 23.0 Å². The molecule has 52 heavy (non-hydrogen) atoms. The van der Waals surface area contributed by atoms with Crippen LogP contribution in [0.2, 0.25) is 0 Å². The molecular weight excluding hydrogens is 639 g/mol. The Balaban J connectivity index is 1.10. The monoisotopic (exact) mass is 669 g/mol. The summed E-state index contributed by atoms with van der Waals surface area (Å²) in [6.07, 6.45) is 17.7. The Morgan fingerprint density at radius 2 is 1.37 bits per heavy atom. The molecule has 1 aliphatic heterocycles. The van der Waals surface area contributed by atoms with E-state index >= 15 is 0 Å². The molecule has 0 saturated heterocycles. The zero-order valence-corrected chi connectivity index (χ0v) is 28.1. The number of benzene rings is 5. The summed E-state index contributed by atoms with van der Waals surface area (Å²) in [4.78, 5) is 15.5. The van der Waals surface area contributed by atoms with Gasteiger partial charge in [0.15, 0.2) is 17.5 Å². The highest BCUT2D eigenvalue weighted by atomic mass is 16.5. The Morgan fingerprint density at radius 1 is 0.596 bits per heavy atom. The van der Waals surface area contributed by atoms with E-state index in [9.17, 15) is 0 Å².